The van der Waals surface area contributed by atoms with Crippen molar-refractivity contribution in [3.8, 4) is 0 Å². The highest BCUT2D eigenvalue weighted by atomic mass is 79.9. The first-order valence-corrected chi connectivity index (χ1v) is 11.9. The maximum atomic E-state index is 13.0. The van der Waals surface area contributed by atoms with Crippen molar-refractivity contribution in [3.05, 3.63) is 44.0 Å². The normalized spacial score (nSPS) is 18.1. The van der Waals surface area contributed by atoms with Crippen LogP contribution in [0, 0.1) is 0 Å². The number of carbonyl (C=O) groups is 3. The van der Waals surface area contributed by atoms with Crippen LogP contribution in [0.15, 0.2) is 34.1 Å². The summed E-state index contributed by atoms with van der Waals surface area (Å²) in [7, 11) is 0. The van der Waals surface area contributed by atoms with E-state index in [4.69, 9.17) is 16.3 Å². The predicted octanol–water partition coefficient (Wildman–Crippen LogP) is 4.21. The molecule has 1 aromatic heterocycles. The van der Waals surface area contributed by atoms with Gasteiger partial charge in [-0.3, -0.25) is 14.4 Å². The van der Waals surface area contributed by atoms with Crippen LogP contribution >= 0.6 is 38.9 Å². The zero-order chi connectivity index (χ0) is 22.0. The van der Waals surface area contributed by atoms with Gasteiger partial charge in [0.1, 0.15) is 5.54 Å². The number of nitrogens with one attached hydrogen (secondary N) is 2. The molecule has 1 saturated carbocycles. The van der Waals surface area contributed by atoms with Crippen LogP contribution in [0.4, 0.5) is 11.4 Å². The standard InChI is InChI=1S/C21H21BrClN3O4S/c22-17-5-4-16(31-17)19(28)25-21(7-1-8-21)20(29)24-13-2-3-15(14(23)12-13)26-9-11-30-10-6-18(26)27/h2-5,12H,1,6-11H2,(H,24,29)(H,25,28). The Balaban J connectivity index is 1.46. The van der Waals surface area contributed by atoms with Crippen molar-refractivity contribution in [2.45, 2.75) is 31.2 Å². The van der Waals surface area contributed by atoms with E-state index in [1.54, 1.807) is 35.2 Å². The number of benzene rings is 1. The largest absolute Gasteiger partial charge is 0.379 e. The van der Waals surface area contributed by atoms with Crippen molar-refractivity contribution in [1.82, 2.24) is 5.32 Å². The second-order valence-electron chi connectivity index (χ2n) is 7.52. The number of nitrogens with zero attached hydrogens (tertiary/aromatic N) is 1. The summed E-state index contributed by atoms with van der Waals surface area (Å²) in [5.74, 6) is -0.584. The van der Waals surface area contributed by atoms with Gasteiger partial charge in [-0.25, -0.2) is 0 Å². The summed E-state index contributed by atoms with van der Waals surface area (Å²) in [4.78, 5) is 40.1. The van der Waals surface area contributed by atoms with E-state index >= 15 is 0 Å². The van der Waals surface area contributed by atoms with Crippen LogP contribution in [0.5, 0.6) is 0 Å². The van der Waals surface area contributed by atoms with E-state index < -0.39 is 5.54 Å². The lowest BCUT2D eigenvalue weighted by atomic mass is 9.75. The number of carbonyl (C=O) groups excluding carboxylic acids is 3. The summed E-state index contributed by atoms with van der Waals surface area (Å²) < 4.78 is 6.21. The molecular weight excluding hydrogens is 506 g/mol. The third-order valence-electron chi connectivity index (χ3n) is 5.51. The van der Waals surface area contributed by atoms with Crippen LogP contribution in [0.3, 0.4) is 0 Å². The molecule has 0 unspecified atom stereocenters. The first-order valence-electron chi connectivity index (χ1n) is 9.95. The highest BCUT2D eigenvalue weighted by Crippen LogP contribution is 2.35. The van der Waals surface area contributed by atoms with E-state index in [0.717, 1.165) is 10.2 Å². The zero-order valence-corrected chi connectivity index (χ0v) is 19.7. The smallest absolute Gasteiger partial charge is 0.262 e. The molecular formula is C21H21BrClN3O4S. The van der Waals surface area contributed by atoms with E-state index in [0.29, 0.717) is 60.3 Å². The Bertz CT molecular complexity index is 1020. The van der Waals surface area contributed by atoms with Crippen LogP contribution < -0.4 is 15.5 Å². The topological polar surface area (TPSA) is 87.7 Å². The first-order chi connectivity index (χ1) is 14.9. The molecule has 2 aromatic rings. The monoisotopic (exact) mass is 525 g/mol. The first kappa shape index (κ1) is 22.3. The lowest BCUT2D eigenvalue weighted by molar-refractivity contribution is -0.125. The average Bonchev–Trinajstić information content (AvgIpc) is 3.03. The lowest BCUT2D eigenvalue weighted by Gasteiger charge is -2.40. The molecule has 2 heterocycles. The van der Waals surface area contributed by atoms with Gasteiger partial charge < -0.3 is 20.3 Å². The van der Waals surface area contributed by atoms with E-state index in [2.05, 4.69) is 26.6 Å². The van der Waals surface area contributed by atoms with Crippen LogP contribution in [-0.4, -0.2) is 43.0 Å². The van der Waals surface area contributed by atoms with E-state index in [-0.39, 0.29) is 17.7 Å². The lowest BCUT2D eigenvalue weighted by Crippen LogP contribution is -2.61. The van der Waals surface area contributed by atoms with Crippen molar-refractivity contribution in [2.75, 3.05) is 30.0 Å². The number of amides is 3. The molecule has 1 saturated heterocycles. The summed E-state index contributed by atoms with van der Waals surface area (Å²) in [5.41, 5.74) is 0.165. The number of hydrogen-bond donors (Lipinski definition) is 2. The summed E-state index contributed by atoms with van der Waals surface area (Å²) >= 11 is 11.1. The fraction of sp³-hybridized carbons (Fsp3) is 0.381. The van der Waals surface area contributed by atoms with Gasteiger partial charge in [0.25, 0.3) is 5.91 Å². The number of rotatable bonds is 5. The quantitative estimate of drug-likeness (QED) is 0.611. The Labute approximate surface area is 197 Å². The Hall–Kier alpha value is -1.94. The minimum absolute atomic E-state index is 0.0486. The molecule has 2 fully saturated rings. The van der Waals surface area contributed by atoms with E-state index in [1.807, 2.05) is 0 Å². The van der Waals surface area contributed by atoms with Gasteiger partial charge in [-0.1, -0.05) is 11.6 Å². The molecule has 2 aliphatic rings. The average molecular weight is 527 g/mol. The van der Waals surface area contributed by atoms with Crippen molar-refractivity contribution in [3.63, 3.8) is 0 Å². The fourth-order valence-electron chi connectivity index (χ4n) is 3.64. The molecule has 10 heteroatoms. The zero-order valence-electron chi connectivity index (χ0n) is 16.6. The van der Waals surface area contributed by atoms with Gasteiger partial charge in [-0.05, 0) is 65.5 Å². The van der Waals surface area contributed by atoms with E-state index in [1.165, 1.54) is 11.3 Å². The molecule has 0 spiro atoms. The van der Waals surface area contributed by atoms with E-state index in [9.17, 15) is 14.4 Å². The summed E-state index contributed by atoms with van der Waals surface area (Å²) in [6, 6.07) is 8.58. The van der Waals surface area contributed by atoms with Gasteiger partial charge >= 0.3 is 0 Å². The molecule has 0 bridgehead atoms. The Morgan fingerprint density at radius 2 is 2.00 bits per heavy atom. The second kappa shape index (κ2) is 9.28. The van der Waals surface area contributed by atoms with Gasteiger partial charge in [0.2, 0.25) is 11.8 Å². The molecule has 1 aliphatic heterocycles. The number of halogens is 2. The van der Waals surface area contributed by atoms with Crippen molar-refractivity contribution in [2.24, 2.45) is 0 Å². The number of thiophene rings is 1. The maximum absolute atomic E-state index is 13.0. The molecule has 1 aromatic carbocycles. The molecule has 0 radical (unpaired) electrons. The van der Waals surface area contributed by atoms with Crippen LogP contribution in [0.1, 0.15) is 35.4 Å². The Kier molecular flexibility index (Phi) is 6.66. The minimum atomic E-state index is -0.934. The van der Waals surface area contributed by atoms with Crippen LogP contribution in [0.2, 0.25) is 5.02 Å². The third-order valence-corrected chi connectivity index (χ3v) is 7.43. The summed E-state index contributed by atoms with van der Waals surface area (Å²) in [6.07, 6.45) is 2.31. The molecule has 0 atom stereocenters. The van der Waals surface area contributed by atoms with Crippen molar-refractivity contribution < 1.29 is 19.1 Å². The SMILES string of the molecule is O=C(NC1(C(=O)Nc2ccc(N3CCOCCC3=O)c(Cl)c2)CCC1)c1ccc(Br)s1. The highest BCUT2D eigenvalue weighted by Gasteiger charge is 2.45. The predicted molar refractivity (Wildman–Crippen MR) is 124 cm³/mol. The summed E-state index contributed by atoms with van der Waals surface area (Å²) in [5, 5.41) is 6.14. The molecule has 1 aliphatic carbocycles. The van der Waals surface area contributed by atoms with Gasteiger partial charge in [0.15, 0.2) is 0 Å². The number of anilines is 2. The number of hydrogen-bond acceptors (Lipinski definition) is 5. The molecule has 164 valence electrons. The third kappa shape index (κ3) is 4.79. The van der Waals surface area contributed by atoms with Gasteiger partial charge in [0.05, 0.1) is 39.0 Å². The Morgan fingerprint density at radius 1 is 1.19 bits per heavy atom. The van der Waals surface area contributed by atoms with Crippen molar-refractivity contribution in [1.29, 1.82) is 0 Å². The van der Waals surface area contributed by atoms with Gasteiger partial charge in [0, 0.05) is 12.2 Å². The second-order valence-corrected chi connectivity index (χ2v) is 10.4. The summed E-state index contributed by atoms with van der Waals surface area (Å²) in [6.45, 7) is 1.28. The maximum Gasteiger partial charge on any atom is 0.262 e. The molecule has 3 amide bonds. The minimum Gasteiger partial charge on any atom is -0.379 e. The van der Waals surface area contributed by atoms with Crippen LogP contribution in [-0.2, 0) is 14.3 Å². The van der Waals surface area contributed by atoms with Crippen molar-refractivity contribution >= 4 is 68.0 Å². The highest BCUT2D eigenvalue weighted by molar-refractivity contribution is 9.11. The number of ether oxygens (including phenoxy) is 1. The molecule has 2 N–H and O–H groups in total. The van der Waals surface area contributed by atoms with Gasteiger partial charge in [-0.15, -0.1) is 11.3 Å². The molecule has 31 heavy (non-hydrogen) atoms. The fourth-order valence-corrected chi connectivity index (χ4v) is 5.20. The molecule has 4 rings (SSSR count). The van der Waals surface area contributed by atoms with Gasteiger partial charge in [-0.2, -0.15) is 0 Å². The van der Waals surface area contributed by atoms with Crippen LogP contribution in [0.25, 0.3) is 0 Å². The Morgan fingerprint density at radius 3 is 2.65 bits per heavy atom. The molecule has 7 nitrogen and oxygen atoms in total.